The van der Waals surface area contributed by atoms with Gasteiger partial charge < -0.3 is 19.9 Å². The molecule has 0 spiro atoms. The Hall–Kier alpha value is -2.74. The van der Waals surface area contributed by atoms with Crippen LogP contribution in [0.15, 0.2) is 42.6 Å². The van der Waals surface area contributed by atoms with E-state index in [-0.39, 0.29) is 18.1 Å². The zero-order valence-electron chi connectivity index (χ0n) is 15.1. The van der Waals surface area contributed by atoms with Gasteiger partial charge in [-0.3, -0.25) is 4.79 Å². The van der Waals surface area contributed by atoms with Crippen molar-refractivity contribution in [3.63, 3.8) is 0 Å². The number of benzene rings is 1. The molecule has 3 rings (SSSR count). The largest absolute Gasteiger partial charge is 0.435 e. The van der Waals surface area contributed by atoms with Crippen molar-refractivity contribution in [3.05, 3.63) is 48.2 Å². The molecule has 1 N–H and O–H groups in total. The Bertz CT molecular complexity index is 745. The summed E-state index contributed by atoms with van der Waals surface area (Å²) in [5, 5.41) is 2.79. The lowest BCUT2D eigenvalue weighted by molar-refractivity contribution is -0.115. The molecule has 6 nitrogen and oxygen atoms in total. The van der Waals surface area contributed by atoms with Crippen molar-refractivity contribution >= 4 is 17.4 Å². The summed E-state index contributed by atoms with van der Waals surface area (Å²) in [6.45, 7) is 1.00. The Labute approximate surface area is 156 Å². The van der Waals surface area contributed by atoms with Gasteiger partial charge in [0, 0.05) is 26.2 Å². The van der Waals surface area contributed by atoms with E-state index < -0.39 is 6.61 Å². The van der Waals surface area contributed by atoms with Crippen molar-refractivity contribution in [3.8, 4) is 5.75 Å². The van der Waals surface area contributed by atoms with Crippen molar-refractivity contribution in [2.75, 3.05) is 43.4 Å². The van der Waals surface area contributed by atoms with Crippen molar-refractivity contribution < 1.29 is 18.3 Å². The summed E-state index contributed by atoms with van der Waals surface area (Å²) in [5.41, 5.74) is 1.33. The minimum absolute atomic E-state index is 0.0675. The highest BCUT2D eigenvalue weighted by atomic mass is 19.3. The molecule has 1 aliphatic rings. The molecule has 0 bridgehead atoms. The first kappa shape index (κ1) is 19.0. The molecule has 27 heavy (non-hydrogen) atoms. The third-order valence-electron chi connectivity index (χ3n) is 4.37. The Balaban J connectivity index is 1.51. The van der Waals surface area contributed by atoms with E-state index in [9.17, 15) is 13.6 Å². The molecule has 144 valence electrons. The number of likely N-dealkylation sites (N-methyl/N-ethyl adjacent to an activating group) is 1. The van der Waals surface area contributed by atoms with Crippen molar-refractivity contribution in [1.29, 1.82) is 0 Å². The van der Waals surface area contributed by atoms with Gasteiger partial charge in [-0.1, -0.05) is 12.1 Å². The summed E-state index contributed by atoms with van der Waals surface area (Å²) >= 11 is 0. The number of ether oxygens (including phenoxy) is 1. The molecule has 2 aromatic rings. The number of carbonyl (C=O) groups excluding carboxylic acids is 1. The van der Waals surface area contributed by atoms with E-state index in [4.69, 9.17) is 0 Å². The van der Waals surface area contributed by atoms with Crippen LogP contribution < -0.4 is 15.0 Å². The Morgan fingerprint density at radius 1 is 1.15 bits per heavy atom. The molecule has 1 saturated heterocycles. The molecule has 1 fully saturated rings. The summed E-state index contributed by atoms with van der Waals surface area (Å²) < 4.78 is 28.6. The quantitative estimate of drug-likeness (QED) is 0.840. The van der Waals surface area contributed by atoms with E-state index >= 15 is 0 Å². The summed E-state index contributed by atoms with van der Waals surface area (Å²) in [7, 11) is 2.10. The molecule has 1 aromatic heterocycles. The number of piperazine rings is 1. The predicted octanol–water partition coefficient (Wildman–Crippen LogP) is 2.62. The van der Waals surface area contributed by atoms with Crippen LogP contribution in [-0.2, 0) is 11.2 Å². The minimum atomic E-state index is -2.86. The molecule has 2 heterocycles. The standard InChI is InChI=1S/C19H22F2N4O2/c1-24-8-10-25(11-9-24)17-7-4-15(13-22-17)23-18(26)12-14-2-5-16(6-3-14)27-19(20)21/h2-7,13,19H,8-12H2,1H3,(H,23,26). The molecular weight excluding hydrogens is 354 g/mol. The number of alkyl halides is 2. The number of nitrogens with zero attached hydrogens (tertiary/aromatic N) is 3. The van der Waals surface area contributed by atoms with Crippen molar-refractivity contribution in [2.45, 2.75) is 13.0 Å². The van der Waals surface area contributed by atoms with Crippen LogP contribution in [0.1, 0.15) is 5.56 Å². The van der Waals surface area contributed by atoms with E-state index in [0.717, 1.165) is 32.0 Å². The van der Waals surface area contributed by atoms with Crippen LogP contribution in [0.25, 0.3) is 0 Å². The monoisotopic (exact) mass is 376 g/mol. The molecule has 8 heteroatoms. The average molecular weight is 376 g/mol. The second kappa shape index (κ2) is 8.77. The first-order chi connectivity index (χ1) is 13.0. The van der Waals surface area contributed by atoms with Crippen LogP contribution >= 0.6 is 0 Å². The van der Waals surface area contributed by atoms with Gasteiger partial charge in [-0.2, -0.15) is 8.78 Å². The van der Waals surface area contributed by atoms with Crippen LogP contribution in [0.4, 0.5) is 20.3 Å². The fourth-order valence-electron chi connectivity index (χ4n) is 2.86. The Morgan fingerprint density at radius 3 is 2.44 bits per heavy atom. The Kier molecular flexibility index (Phi) is 6.18. The highest BCUT2D eigenvalue weighted by Crippen LogP contribution is 2.17. The summed E-state index contributed by atoms with van der Waals surface area (Å²) in [5.74, 6) is 0.764. The van der Waals surface area contributed by atoms with Gasteiger partial charge in [0.2, 0.25) is 5.91 Å². The zero-order chi connectivity index (χ0) is 19.2. The predicted molar refractivity (Wildman–Crippen MR) is 99.4 cm³/mol. The third kappa shape index (κ3) is 5.62. The number of aromatic nitrogens is 1. The van der Waals surface area contributed by atoms with Crippen molar-refractivity contribution in [2.24, 2.45) is 0 Å². The average Bonchev–Trinajstić information content (AvgIpc) is 2.64. The molecule has 1 aromatic carbocycles. The molecule has 0 aliphatic carbocycles. The van der Waals surface area contributed by atoms with Gasteiger partial charge in [-0.25, -0.2) is 4.98 Å². The van der Waals surface area contributed by atoms with Crippen LogP contribution in [0.3, 0.4) is 0 Å². The van der Waals surface area contributed by atoms with Crippen LogP contribution in [0, 0.1) is 0 Å². The topological polar surface area (TPSA) is 57.7 Å². The minimum Gasteiger partial charge on any atom is -0.435 e. The smallest absolute Gasteiger partial charge is 0.387 e. The maximum atomic E-state index is 12.2. The highest BCUT2D eigenvalue weighted by molar-refractivity contribution is 5.92. The molecule has 0 saturated carbocycles. The van der Waals surface area contributed by atoms with Crippen molar-refractivity contribution in [1.82, 2.24) is 9.88 Å². The lowest BCUT2D eigenvalue weighted by atomic mass is 10.1. The third-order valence-corrected chi connectivity index (χ3v) is 4.37. The SMILES string of the molecule is CN1CCN(c2ccc(NC(=O)Cc3ccc(OC(F)F)cc3)cn2)CC1. The zero-order valence-corrected chi connectivity index (χ0v) is 15.1. The van der Waals surface area contributed by atoms with E-state index in [1.54, 1.807) is 18.3 Å². The van der Waals surface area contributed by atoms with Crippen LogP contribution in [0.2, 0.25) is 0 Å². The van der Waals surface area contributed by atoms with Gasteiger partial charge in [-0.15, -0.1) is 0 Å². The number of rotatable bonds is 6. The molecule has 0 radical (unpaired) electrons. The van der Waals surface area contributed by atoms with E-state index in [1.165, 1.54) is 12.1 Å². The second-order valence-electron chi connectivity index (χ2n) is 6.44. The second-order valence-corrected chi connectivity index (χ2v) is 6.44. The lowest BCUT2D eigenvalue weighted by Crippen LogP contribution is -2.44. The number of carbonyl (C=O) groups is 1. The van der Waals surface area contributed by atoms with E-state index in [1.807, 2.05) is 12.1 Å². The number of amides is 1. The molecule has 0 atom stereocenters. The van der Waals surface area contributed by atoms with Gasteiger partial charge in [-0.05, 0) is 36.9 Å². The number of anilines is 2. The van der Waals surface area contributed by atoms with E-state index in [2.05, 4.69) is 31.9 Å². The number of halogens is 2. The molecule has 1 amide bonds. The lowest BCUT2D eigenvalue weighted by Gasteiger charge is -2.33. The van der Waals surface area contributed by atoms with Gasteiger partial charge in [0.25, 0.3) is 0 Å². The van der Waals surface area contributed by atoms with Gasteiger partial charge in [0.1, 0.15) is 11.6 Å². The molecular formula is C19H22F2N4O2. The number of nitrogens with one attached hydrogen (secondary N) is 1. The summed E-state index contributed by atoms with van der Waals surface area (Å²) in [4.78, 5) is 21.1. The molecule has 0 unspecified atom stereocenters. The van der Waals surface area contributed by atoms with Crippen LogP contribution in [-0.4, -0.2) is 55.6 Å². The fourth-order valence-corrected chi connectivity index (χ4v) is 2.86. The highest BCUT2D eigenvalue weighted by Gasteiger charge is 2.15. The number of hydrogen-bond donors (Lipinski definition) is 1. The Morgan fingerprint density at radius 2 is 1.85 bits per heavy atom. The molecule has 1 aliphatic heterocycles. The number of pyridine rings is 1. The number of hydrogen-bond acceptors (Lipinski definition) is 5. The van der Waals surface area contributed by atoms with E-state index in [0.29, 0.717) is 11.3 Å². The first-order valence-electron chi connectivity index (χ1n) is 8.73. The maximum Gasteiger partial charge on any atom is 0.387 e. The normalized spacial score (nSPS) is 15.0. The van der Waals surface area contributed by atoms with Gasteiger partial charge >= 0.3 is 6.61 Å². The summed E-state index contributed by atoms with van der Waals surface area (Å²) in [6.07, 6.45) is 1.78. The maximum absolute atomic E-state index is 12.2. The summed E-state index contributed by atoms with van der Waals surface area (Å²) in [6, 6.07) is 9.75. The van der Waals surface area contributed by atoms with Gasteiger partial charge in [0.05, 0.1) is 18.3 Å². The fraction of sp³-hybridized carbons (Fsp3) is 0.368. The van der Waals surface area contributed by atoms with Crippen LogP contribution in [0.5, 0.6) is 5.75 Å². The first-order valence-corrected chi connectivity index (χ1v) is 8.73. The van der Waals surface area contributed by atoms with Gasteiger partial charge in [0.15, 0.2) is 0 Å².